The van der Waals surface area contributed by atoms with E-state index in [4.69, 9.17) is 11.3 Å². The molecule has 3 nitrogen and oxygen atoms in total. The number of anilines is 1. The van der Waals surface area contributed by atoms with E-state index in [1.54, 1.807) is 0 Å². The minimum atomic E-state index is -0.442. The number of alkyl halides is 1. The molecule has 0 spiro atoms. The molecule has 2 aromatic rings. The third kappa shape index (κ3) is 4.33. The minimum Gasteiger partial charge on any atom is -0.377 e. The van der Waals surface area contributed by atoms with E-state index in [2.05, 4.69) is 46.1 Å². The minimum absolute atomic E-state index is 0.158. The number of allylic oxidation sites excluding steroid dienone is 2. The van der Waals surface area contributed by atoms with Gasteiger partial charge < -0.3 is 9.64 Å². The molecule has 0 heterocycles. The number of ether oxygens (including phenoxy) is 1. The van der Waals surface area contributed by atoms with Gasteiger partial charge in [-0.25, -0.2) is 9.24 Å². The molecule has 0 atom stereocenters. The maximum Gasteiger partial charge on any atom is 0.166 e. The first-order chi connectivity index (χ1) is 11.6. The molecular weight excluding hydrogens is 303 g/mol. The topological polar surface area (TPSA) is 16.8 Å². The van der Waals surface area contributed by atoms with Crippen molar-refractivity contribution in [1.29, 1.82) is 0 Å². The van der Waals surface area contributed by atoms with Crippen LogP contribution in [0.2, 0.25) is 0 Å². The summed E-state index contributed by atoms with van der Waals surface area (Å²) in [5, 5.41) is 2.30. The summed E-state index contributed by atoms with van der Waals surface area (Å²) in [6.45, 7) is 11.9. The van der Waals surface area contributed by atoms with E-state index >= 15 is 0 Å². The molecule has 2 rings (SSSR count). The van der Waals surface area contributed by atoms with Crippen LogP contribution >= 0.6 is 0 Å². The zero-order valence-electron chi connectivity index (χ0n) is 14.5. The SMILES string of the molecule is [C-]#[N+]/C(C)=C(/C)c1ccc2cc(N(C)CCOCCF)ccc2c1. The van der Waals surface area contributed by atoms with Crippen LogP contribution in [0.3, 0.4) is 0 Å². The van der Waals surface area contributed by atoms with Crippen LogP contribution in [-0.2, 0) is 4.74 Å². The Kier molecular flexibility index (Phi) is 6.34. The van der Waals surface area contributed by atoms with Crippen molar-refractivity contribution in [3.63, 3.8) is 0 Å². The molecule has 24 heavy (non-hydrogen) atoms. The number of likely N-dealkylation sites (N-methyl/N-ethyl adjacent to an activating group) is 1. The second kappa shape index (κ2) is 8.47. The second-order valence-electron chi connectivity index (χ2n) is 5.79. The third-order valence-electron chi connectivity index (χ3n) is 4.20. The van der Waals surface area contributed by atoms with Crippen molar-refractivity contribution in [2.45, 2.75) is 13.8 Å². The average molecular weight is 326 g/mol. The summed E-state index contributed by atoms with van der Waals surface area (Å²) in [4.78, 5) is 5.61. The smallest absolute Gasteiger partial charge is 0.166 e. The van der Waals surface area contributed by atoms with E-state index in [9.17, 15) is 4.39 Å². The van der Waals surface area contributed by atoms with E-state index in [-0.39, 0.29) is 6.61 Å². The van der Waals surface area contributed by atoms with Crippen molar-refractivity contribution in [2.24, 2.45) is 0 Å². The van der Waals surface area contributed by atoms with Crippen LogP contribution < -0.4 is 4.90 Å². The van der Waals surface area contributed by atoms with Gasteiger partial charge in [-0.1, -0.05) is 18.2 Å². The van der Waals surface area contributed by atoms with E-state index in [1.807, 2.05) is 20.9 Å². The van der Waals surface area contributed by atoms with Gasteiger partial charge in [-0.3, -0.25) is 0 Å². The van der Waals surface area contributed by atoms with Gasteiger partial charge in [-0.15, -0.1) is 0 Å². The first kappa shape index (κ1) is 18.0. The number of fused-ring (bicyclic) bond motifs is 1. The van der Waals surface area contributed by atoms with Gasteiger partial charge in [0.05, 0.1) is 19.8 Å². The molecule has 4 heteroatoms. The zero-order valence-corrected chi connectivity index (χ0v) is 14.5. The third-order valence-corrected chi connectivity index (χ3v) is 4.20. The predicted molar refractivity (Wildman–Crippen MR) is 98.9 cm³/mol. The second-order valence-corrected chi connectivity index (χ2v) is 5.79. The Bertz CT molecular complexity index is 777. The summed E-state index contributed by atoms with van der Waals surface area (Å²) in [7, 11) is 2.00. The molecule has 0 unspecified atom stereocenters. The molecular formula is C20H23FN2O. The molecule has 2 aromatic carbocycles. The van der Waals surface area contributed by atoms with Gasteiger partial charge in [0.15, 0.2) is 5.70 Å². The average Bonchev–Trinajstić information content (AvgIpc) is 2.62. The summed E-state index contributed by atoms with van der Waals surface area (Å²) in [5.74, 6) is 0. The van der Waals surface area contributed by atoms with Crippen LogP contribution in [0.25, 0.3) is 21.2 Å². The maximum atomic E-state index is 12.0. The van der Waals surface area contributed by atoms with Gasteiger partial charge in [0.2, 0.25) is 0 Å². The fraction of sp³-hybridized carbons (Fsp3) is 0.350. The van der Waals surface area contributed by atoms with Gasteiger partial charge in [0, 0.05) is 19.3 Å². The zero-order chi connectivity index (χ0) is 17.5. The lowest BCUT2D eigenvalue weighted by Gasteiger charge is -2.20. The van der Waals surface area contributed by atoms with Crippen LogP contribution in [0.4, 0.5) is 10.1 Å². The first-order valence-corrected chi connectivity index (χ1v) is 8.00. The van der Waals surface area contributed by atoms with Crippen LogP contribution in [0.5, 0.6) is 0 Å². The number of hydrogen-bond acceptors (Lipinski definition) is 2. The Morgan fingerprint density at radius 2 is 1.83 bits per heavy atom. The lowest BCUT2D eigenvalue weighted by molar-refractivity contribution is 0.125. The van der Waals surface area contributed by atoms with Crippen LogP contribution in [0.1, 0.15) is 19.4 Å². The molecule has 0 bridgehead atoms. The first-order valence-electron chi connectivity index (χ1n) is 8.00. The Morgan fingerprint density at radius 3 is 2.54 bits per heavy atom. The highest BCUT2D eigenvalue weighted by atomic mass is 19.1. The van der Waals surface area contributed by atoms with Crippen molar-refractivity contribution < 1.29 is 9.13 Å². The standard InChI is InChI=1S/C20H23FN2O/c1-15(16(2)22-3)17-5-6-19-14-20(8-7-18(19)13-17)23(4)10-12-24-11-9-21/h5-8,13-14H,9-12H2,1-2,4H3/b16-15-. The van der Waals surface area contributed by atoms with Gasteiger partial charge in [0.1, 0.15) is 6.67 Å². The van der Waals surface area contributed by atoms with Crippen LogP contribution in [0, 0.1) is 6.57 Å². The van der Waals surface area contributed by atoms with Crippen LogP contribution in [-0.4, -0.2) is 33.5 Å². The molecule has 0 N–H and O–H groups in total. The number of benzene rings is 2. The fourth-order valence-corrected chi connectivity index (χ4v) is 2.48. The summed E-state index contributed by atoms with van der Waals surface area (Å²) in [6.07, 6.45) is 0. The molecule has 0 aromatic heterocycles. The molecule has 0 aliphatic heterocycles. The summed E-state index contributed by atoms with van der Waals surface area (Å²) >= 11 is 0. The molecule has 0 saturated carbocycles. The van der Waals surface area contributed by atoms with Gasteiger partial charge >= 0.3 is 0 Å². The molecule has 0 aliphatic rings. The van der Waals surface area contributed by atoms with E-state index in [0.29, 0.717) is 6.61 Å². The predicted octanol–water partition coefficient (Wildman–Crippen LogP) is 4.93. The molecule has 0 radical (unpaired) electrons. The highest BCUT2D eigenvalue weighted by molar-refractivity contribution is 5.89. The van der Waals surface area contributed by atoms with E-state index < -0.39 is 6.67 Å². The van der Waals surface area contributed by atoms with Crippen molar-refractivity contribution in [2.75, 3.05) is 38.4 Å². The quantitative estimate of drug-likeness (QED) is 0.530. The Balaban J connectivity index is 2.19. The lowest BCUT2D eigenvalue weighted by Crippen LogP contribution is -2.22. The number of halogens is 1. The fourth-order valence-electron chi connectivity index (χ4n) is 2.48. The van der Waals surface area contributed by atoms with Crippen molar-refractivity contribution in [3.8, 4) is 0 Å². The van der Waals surface area contributed by atoms with E-state index in [1.165, 1.54) is 0 Å². The Hall–Kier alpha value is -2.38. The number of nitrogens with zero attached hydrogens (tertiary/aromatic N) is 2. The molecule has 0 saturated heterocycles. The van der Waals surface area contributed by atoms with Crippen LogP contribution in [0.15, 0.2) is 42.1 Å². The molecule has 0 fully saturated rings. The van der Waals surface area contributed by atoms with Gasteiger partial charge in [-0.05, 0) is 54.0 Å². The molecule has 126 valence electrons. The highest BCUT2D eigenvalue weighted by Gasteiger charge is 2.05. The maximum absolute atomic E-state index is 12.0. The summed E-state index contributed by atoms with van der Waals surface area (Å²) < 4.78 is 17.2. The van der Waals surface area contributed by atoms with Crippen molar-refractivity contribution in [3.05, 3.63) is 59.1 Å². The number of hydrogen-bond donors (Lipinski definition) is 0. The van der Waals surface area contributed by atoms with E-state index in [0.717, 1.165) is 39.8 Å². The van der Waals surface area contributed by atoms with Gasteiger partial charge in [-0.2, -0.15) is 0 Å². The lowest BCUT2D eigenvalue weighted by atomic mass is 10.0. The normalized spacial score (nSPS) is 12.0. The molecule has 0 aliphatic carbocycles. The molecule has 0 amide bonds. The summed E-state index contributed by atoms with van der Waals surface area (Å²) in [6, 6.07) is 12.6. The monoisotopic (exact) mass is 326 g/mol. The highest BCUT2D eigenvalue weighted by Crippen LogP contribution is 2.26. The largest absolute Gasteiger partial charge is 0.377 e. The number of rotatable bonds is 7. The summed E-state index contributed by atoms with van der Waals surface area (Å²) in [5.41, 5.74) is 3.91. The van der Waals surface area contributed by atoms with Gasteiger partial charge in [0.25, 0.3) is 0 Å². The Morgan fingerprint density at radius 1 is 1.12 bits per heavy atom. The van der Waals surface area contributed by atoms with Crippen molar-refractivity contribution >= 4 is 22.0 Å². The van der Waals surface area contributed by atoms with Crippen molar-refractivity contribution in [1.82, 2.24) is 0 Å². The Labute approximate surface area is 143 Å².